The molecule has 26 heavy (non-hydrogen) atoms. The fourth-order valence-electron chi connectivity index (χ4n) is 3.28. The van der Waals surface area contributed by atoms with Crippen LogP contribution in [-0.4, -0.2) is 23.5 Å². The molecule has 0 unspecified atom stereocenters. The first-order valence-corrected chi connectivity index (χ1v) is 8.98. The molecule has 4 N–H and O–H groups in total. The molecule has 1 saturated carbocycles. The number of aromatic nitrogens is 1. The third-order valence-corrected chi connectivity index (χ3v) is 4.88. The summed E-state index contributed by atoms with van der Waals surface area (Å²) in [5.41, 5.74) is 3.77. The minimum Gasteiger partial charge on any atom is -0.350 e. The second kappa shape index (κ2) is 8.62. The Morgan fingerprint density at radius 3 is 2.69 bits per heavy atom. The van der Waals surface area contributed by atoms with E-state index in [-0.39, 0.29) is 23.5 Å². The van der Waals surface area contributed by atoms with Gasteiger partial charge in [-0.05, 0) is 25.2 Å². The van der Waals surface area contributed by atoms with Gasteiger partial charge in [0, 0.05) is 24.1 Å². The number of benzene rings is 1. The zero-order valence-corrected chi connectivity index (χ0v) is 14.6. The van der Waals surface area contributed by atoms with Crippen LogP contribution in [-0.2, 0) is 4.79 Å². The van der Waals surface area contributed by atoms with Gasteiger partial charge in [-0.15, -0.1) is 0 Å². The van der Waals surface area contributed by atoms with Gasteiger partial charge >= 0.3 is 0 Å². The summed E-state index contributed by atoms with van der Waals surface area (Å²) in [6.07, 6.45) is 4.82. The van der Waals surface area contributed by atoms with E-state index in [1.165, 1.54) is 0 Å². The van der Waals surface area contributed by atoms with Crippen molar-refractivity contribution in [3.63, 3.8) is 0 Å². The summed E-state index contributed by atoms with van der Waals surface area (Å²) in [6, 6.07) is 11.2. The average molecular weight is 356 g/mol. The molecule has 1 fully saturated rings. The monoisotopic (exact) mass is 356 g/mol. The maximum atomic E-state index is 12.1. The van der Waals surface area contributed by atoms with E-state index >= 15 is 0 Å². The summed E-state index contributed by atoms with van der Waals surface area (Å²) in [4.78, 5) is 23.4. The van der Waals surface area contributed by atoms with Gasteiger partial charge in [-0.3, -0.25) is 15.0 Å². The Hall–Kier alpha value is -2.67. The number of nitrogens with one attached hydrogen (secondary N) is 2. The number of amides is 2. The lowest BCUT2D eigenvalue weighted by Gasteiger charge is -2.33. The van der Waals surface area contributed by atoms with Crippen LogP contribution in [0.25, 0.3) is 11.3 Å². The van der Waals surface area contributed by atoms with Crippen molar-refractivity contribution in [1.29, 1.82) is 0 Å². The van der Waals surface area contributed by atoms with Crippen molar-refractivity contribution < 1.29 is 14.1 Å². The van der Waals surface area contributed by atoms with Gasteiger partial charge in [0.25, 0.3) is 5.91 Å². The number of nitrogens with two attached hydrogens (primary N) is 1. The normalized spacial score (nSPS) is 18.8. The molecule has 1 aliphatic rings. The zero-order chi connectivity index (χ0) is 18.4. The molecule has 0 aliphatic heterocycles. The summed E-state index contributed by atoms with van der Waals surface area (Å²) in [6.45, 7) is 0.597. The van der Waals surface area contributed by atoms with Crippen molar-refractivity contribution in [2.75, 3.05) is 6.54 Å². The summed E-state index contributed by atoms with van der Waals surface area (Å²) < 4.78 is 5.14. The van der Waals surface area contributed by atoms with Crippen molar-refractivity contribution in [3.05, 3.63) is 42.2 Å². The van der Waals surface area contributed by atoms with Crippen molar-refractivity contribution in [1.82, 2.24) is 15.9 Å². The number of nitrogens with zero attached hydrogens (tertiary/aromatic N) is 1. The Kier molecular flexibility index (Phi) is 6.01. The van der Waals surface area contributed by atoms with Crippen LogP contribution >= 0.6 is 0 Å². The molecule has 0 saturated heterocycles. The lowest BCUT2D eigenvalue weighted by Crippen LogP contribution is -2.41. The van der Waals surface area contributed by atoms with Gasteiger partial charge in [0.05, 0.1) is 0 Å². The molecular weight excluding hydrogens is 332 g/mol. The third kappa shape index (κ3) is 4.49. The SMILES string of the molecule is NNC(=O)[C@H]1C[C@H](CCCCNC(=O)c2cc(-c3ccccc3)no2)C1. The van der Waals surface area contributed by atoms with Crippen molar-refractivity contribution in [2.45, 2.75) is 32.1 Å². The van der Waals surface area contributed by atoms with Crippen LogP contribution < -0.4 is 16.6 Å². The first kappa shape index (κ1) is 18.1. The second-order valence-corrected chi connectivity index (χ2v) is 6.74. The maximum Gasteiger partial charge on any atom is 0.289 e. The van der Waals surface area contributed by atoms with Gasteiger partial charge in [0.15, 0.2) is 0 Å². The Bertz CT molecular complexity index is 738. The van der Waals surface area contributed by atoms with Crippen LogP contribution in [0.2, 0.25) is 0 Å². The summed E-state index contributed by atoms with van der Waals surface area (Å²) >= 11 is 0. The molecule has 7 nitrogen and oxygen atoms in total. The van der Waals surface area contributed by atoms with E-state index in [1.807, 2.05) is 30.3 Å². The molecule has 0 bridgehead atoms. The first-order valence-electron chi connectivity index (χ1n) is 8.98. The highest BCUT2D eigenvalue weighted by Crippen LogP contribution is 2.37. The second-order valence-electron chi connectivity index (χ2n) is 6.74. The van der Waals surface area contributed by atoms with E-state index in [4.69, 9.17) is 10.4 Å². The van der Waals surface area contributed by atoms with Crippen LogP contribution in [0.5, 0.6) is 0 Å². The number of carbonyl (C=O) groups is 2. The van der Waals surface area contributed by atoms with Crippen molar-refractivity contribution in [2.24, 2.45) is 17.7 Å². The summed E-state index contributed by atoms with van der Waals surface area (Å²) in [5.74, 6) is 5.71. The van der Waals surface area contributed by atoms with Gasteiger partial charge in [-0.25, -0.2) is 5.84 Å². The largest absolute Gasteiger partial charge is 0.350 e. The number of hydrogen-bond donors (Lipinski definition) is 3. The van der Waals surface area contributed by atoms with E-state index in [1.54, 1.807) is 6.07 Å². The number of unbranched alkanes of at least 4 members (excludes halogenated alkanes) is 1. The molecule has 0 radical (unpaired) electrons. The highest BCUT2D eigenvalue weighted by atomic mass is 16.5. The molecule has 138 valence electrons. The highest BCUT2D eigenvalue weighted by Gasteiger charge is 2.33. The van der Waals surface area contributed by atoms with Crippen molar-refractivity contribution >= 4 is 11.8 Å². The third-order valence-electron chi connectivity index (χ3n) is 4.88. The molecule has 2 aromatic rings. The lowest BCUT2D eigenvalue weighted by atomic mass is 9.72. The van der Waals surface area contributed by atoms with E-state index in [0.717, 1.165) is 37.7 Å². The number of carbonyl (C=O) groups excluding carboxylic acids is 2. The van der Waals surface area contributed by atoms with Crippen LogP contribution in [0, 0.1) is 11.8 Å². The average Bonchev–Trinajstić information content (AvgIpc) is 3.13. The molecule has 7 heteroatoms. The number of hydrazine groups is 1. The molecule has 1 heterocycles. The lowest BCUT2D eigenvalue weighted by molar-refractivity contribution is -0.129. The highest BCUT2D eigenvalue weighted by molar-refractivity contribution is 5.92. The quantitative estimate of drug-likeness (QED) is 0.291. The predicted molar refractivity (Wildman–Crippen MR) is 96.7 cm³/mol. The topological polar surface area (TPSA) is 110 Å². The Labute approximate surface area is 152 Å². The Morgan fingerprint density at radius 1 is 1.19 bits per heavy atom. The zero-order valence-electron chi connectivity index (χ0n) is 14.6. The fraction of sp³-hybridized carbons (Fsp3) is 0.421. The molecule has 0 spiro atoms. The van der Waals surface area contributed by atoms with Gasteiger partial charge in [0.2, 0.25) is 11.7 Å². The van der Waals surface area contributed by atoms with E-state index in [9.17, 15) is 9.59 Å². The smallest absolute Gasteiger partial charge is 0.289 e. The molecule has 0 atom stereocenters. The van der Waals surface area contributed by atoms with E-state index < -0.39 is 0 Å². The van der Waals surface area contributed by atoms with Gasteiger partial charge in [-0.1, -0.05) is 48.3 Å². The molecule has 3 rings (SSSR count). The van der Waals surface area contributed by atoms with Crippen LogP contribution in [0.3, 0.4) is 0 Å². The molecule has 2 amide bonds. The van der Waals surface area contributed by atoms with Gasteiger partial charge in [-0.2, -0.15) is 0 Å². The van der Waals surface area contributed by atoms with E-state index in [0.29, 0.717) is 18.2 Å². The number of hydrogen-bond acceptors (Lipinski definition) is 5. The summed E-state index contributed by atoms with van der Waals surface area (Å²) in [7, 11) is 0. The summed E-state index contributed by atoms with van der Waals surface area (Å²) in [5, 5.41) is 6.80. The number of rotatable bonds is 8. The van der Waals surface area contributed by atoms with E-state index in [2.05, 4.69) is 15.9 Å². The van der Waals surface area contributed by atoms with Crippen molar-refractivity contribution in [3.8, 4) is 11.3 Å². The predicted octanol–water partition coefficient (Wildman–Crippen LogP) is 2.26. The molecular formula is C19H24N4O3. The van der Waals surface area contributed by atoms with Gasteiger partial charge < -0.3 is 9.84 Å². The maximum absolute atomic E-state index is 12.1. The minimum atomic E-state index is -0.247. The van der Waals surface area contributed by atoms with Crippen LogP contribution in [0.1, 0.15) is 42.7 Å². The molecule has 1 aliphatic carbocycles. The molecule has 1 aromatic heterocycles. The fourth-order valence-corrected chi connectivity index (χ4v) is 3.28. The standard InChI is InChI=1S/C19H24N4O3/c20-22-18(24)15-10-13(11-15)6-4-5-9-21-19(25)17-12-16(23-26-17)14-7-2-1-3-8-14/h1-3,7-8,12-13,15H,4-6,9-11,20H2,(H,21,25)(H,22,24)/t13-,15-. The Morgan fingerprint density at radius 2 is 1.96 bits per heavy atom. The molecule has 1 aromatic carbocycles. The van der Waals surface area contributed by atoms with Crippen LogP contribution in [0.15, 0.2) is 40.9 Å². The Balaban J connectivity index is 1.33. The minimum absolute atomic E-state index is 0.0598. The van der Waals surface area contributed by atoms with Gasteiger partial charge in [0.1, 0.15) is 5.69 Å². The first-order chi connectivity index (χ1) is 12.7. The van der Waals surface area contributed by atoms with Crippen LogP contribution in [0.4, 0.5) is 0 Å².